The fraction of sp³-hybridized carbons (Fsp3) is 0.667. The highest BCUT2D eigenvalue weighted by Gasteiger charge is 2.23. The molecule has 0 aromatic carbocycles. The summed E-state index contributed by atoms with van der Waals surface area (Å²) in [5.41, 5.74) is 0. The topological polar surface area (TPSA) is 94.7 Å². The van der Waals surface area contributed by atoms with Gasteiger partial charge in [-0.25, -0.2) is 9.97 Å². The third kappa shape index (κ3) is 4.36. The molecule has 0 aliphatic carbocycles. The summed E-state index contributed by atoms with van der Waals surface area (Å²) in [5, 5.41) is 13.3. The molecule has 0 spiro atoms. The number of rotatable bonds is 5. The quantitative estimate of drug-likeness (QED) is 0.812. The number of aliphatic hydroxyl groups excluding tert-OH is 1. The Balaban J connectivity index is 1.35. The van der Waals surface area contributed by atoms with E-state index in [2.05, 4.69) is 40.9 Å². The van der Waals surface area contributed by atoms with Crippen LogP contribution in [0.1, 0.15) is 24.6 Å². The highest BCUT2D eigenvalue weighted by atomic mass is 16.5. The molecule has 27 heavy (non-hydrogen) atoms. The summed E-state index contributed by atoms with van der Waals surface area (Å²) < 4.78 is 5.22. The molecular formula is C18H27N7O2. The average Bonchev–Trinajstić information content (AvgIpc) is 3.13. The molecule has 2 aromatic rings. The van der Waals surface area contributed by atoms with Crippen molar-refractivity contribution >= 4 is 11.6 Å². The van der Waals surface area contributed by atoms with Gasteiger partial charge < -0.3 is 19.4 Å². The van der Waals surface area contributed by atoms with Crippen molar-refractivity contribution in [2.75, 3.05) is 55.7 Å². The standard InChI is InChI=1S/C18H27N7O2/c1-14-21-18(27-22-14)11-23-5-7-24(8-6-23)16-9-17(20-13-19-16)25-4-2-3-15(10-25)12-26/h9,13,15,26H,2-8,10-12H2,1H3. The van der Waals surface area contributed by atoms with Crippen LogP contribution in [0.15, 0.2) is 16.9 Å². The first-order chi connectivity index (χ1) is 13.2. The minimum Gasteiger partial charge on any atom is -0.396 e. The number of piperidine rings is 1. The average molecular weight is 373 g/mol. The number of hydrogen-bond donors (Lipinski definition) is 1. The van der Waals surface area contributed by atoms with Crippen molar-refractivity contribution < 1.29 is 9.63 Å². The molecule has 2 aliphatic rings. The zero-order chi connectivity index (χ0) is 18.6. The molecule has 2 fully saturated rings. The second-order valence-corrected chi connectivity index (χ2v) is 7.37. The van der Waals surface area contributed by atoms with Gasteiger partial charge in [-0.3, -0.25) is 4.90 Å². The summed E-state index contributed by atoms with van der Waals surface area (Å²) >= 11 is 0. The second-order valence-electron chi connectivity index (χ2n) is 7.37. The predicted octanol–water partition coefficient (Wildman–Crippen LogP) is 0.699. The molecule has 2 aromatic heterocycles. The number of piperazine rings is 1. The number of aryl methyl sites for hydroxylation is 1. The van der Waals surface area contributed by atoms with E-state index in [9.17, 15) is 5.11 Å². The van der Waals surface area contributed by atoms with Gasteiger partial charge in [-0.15, -0.1) is 0 Å². The minimum absolute atomic E-state index is 0.246. The lowest BCUT2D eigenvalue weighted by molar-refractivity contribution is 0.208. The first kappa shape index (κ1) is 18.1. The summed E-state index contributed by atoms with van der Waals surface area (Å²) in [6.07, 6.45) is 3.84. The Morgan fingerprint density at radius 2 is 1.89 bits per heavy atom. The highest BCUT2D eigenvalue weighted by Crippen LogP contribution is 2.24. The van der Waals surface area contributed by atoms with Gasteiger partial charge in [-0.05, 0) is 25.7 Å². The van der Waals surface area contributed by atoms with Gasteiger partial charge in [-0.1, -0.05) is 5.16 Å². The third-order valence-corrected chi connectivity index (χ3v) is 5.36. The number of hydrogen-bond acceptors (Lipinski definition) is 9. The maximum Gasteiger partial charge on any atom is 0.240 e. The van der Waals surface area contributed by atoms with Crippen LogP contribution in [0.5, 0.6) is 0 Å². The Bertz CT molecular complexity index is 745. The first-order valence-electron chi connectivity index (χ1n) is 9.65. The number of aliphatic hydroxyl groups is 1. The summed E-state index contributed by atoms with van der Waals surface area (Å²) in [6, 6.07) is 2.08. The zero-order valence-electron chi connectivity index (χ0n) is 15.8. The number of aromatic nitrogens is 4. The molecular weight excluding hydrogens is 346 g/mol. The SMILES string of the molecule is Cc1noc(CN2CCN(c3cc(N4CCCC(CO)C4)ncn3)CC2)n1. The van der Waals surface area contributed by atoms with E-state index in [4.69, 9.17) is 4.52 Å². The van der Waals surface area contributed by atoms with Crippen molar-refractivity contribution in [2.45, 2.75) is 26.3 Å². The van der Waals surface area contributed by atoms with Crippen LogP contribution in [0.25, 0.3) is 0 Å². The minimum atomic E-state index is 0.246. The smallest absolute Gasteiger partial charge is 0.240 e. The number of nitrogens with zero attached hydrogens (tertiary/aromatic N) is 7. The van der Waals surface area contributed by atoms with E-state index >= 15 is 0 Å². The molecule has 1 atom stereocenters. The van der Waals surface area contributed by atoms with Crippen molar-refractivity contribution in [1.82, 2.24) is 25.0 Å². The van der Waals surface area contributed by atoms with Gasteiger partial charge in [0.25, 0.3) is 0 Å². The molecule has 4 heterocycles. The van der Waals surface area contributed by atoms with Crippen LogP contribution in [0, 0.1) is 12.8 Å². The summed E-state index contributed by atoms with van der Waals surface area (Å²) in [6.45, 7) is 8.30. The van der Waals surface area contributed by atoms with Crippen LogP contribution in [0.2, 0.25) is 0 Å². The molecule has 0 bridgehead atoms. The first-order valence-corrected chi connectivity index (χ1v) is 9.65. The summed E-state index contributed by atoms with van der Waals surface area (Å²) in [5.74, 6) is 3.63. The van der Waals surface area contributed by atoms with Crippen molar-refractivity contribution in [3.8, 4) is 0 Å². The van der Waals surface area contributed by atoms with Crippen molar-refractivity contribution in [2.24, 2.45) is 5.92 Å². The molecule has 1 unspecified atom stereocenters. The van der Waals surface area contributed by atoms with Gasteiger partial charge in [0.2, 0.25) is 5.89 Å². The Morgan fingerprint density at radius 1 is 1.11 bits per heavy atom. The van der Waals surface area contributed by atoms with Crippen LogP contribution < -0.4 is 9.80 Å². The fourth-order valence-corrected chi connectivity index (χ4v) is 3.84. The van der Waals surface area contributed by atoms with Gasteiger partial charge >= 0.3 is 0 Å². The Hall–Kier alpha value is -2.26. The number of anilines is 2. The monoisotopic (exact) mass is 373 g/mol. The Morgan fingerprint density at radius 3 is 2.59 bits per heavy atom. The zero-order valence-corrected chi connectivity index (χ0v) is 15.8. The maximum atomic E-state index is 9.46. The van der Waals surface area contributed by atoms with Gasteiger partial charge in [0.1, 0.15) is 18.0 Å². The van der Waals surface area contributed by atoms with E-state index in [0.717, 1.165) is 63.7 Å². The molecule has 2 saturated heterocycles. The second kappa shape index (κ2) is 8.18. The van der Waals surface area contributed by atoms with Crippen molar-refractivity contribution in [1.29, 1.82) is 0 Å². The lowest BCUT2D eigenvalue weighted by Crippen LogP contribution is -2.46. The molecule has 0 radical (unpaired) electrons. The summed E-state index contributed by atoms with van der Waals surface area (Å²) in [4.78, 5) is 20.1. The predicted molar refractivity (Wildman–Crippen MR) is 101 cm³/mol. The third-order valence-electron chi connectivity index (χ3n) is 5.36. The van der Waals surface area contributed by atoms with E-state index in [1.165, 1.54) is 0 Å². The van der Waals surface area contributed by atoms with Crippen LogP contribution >= 0.6 is 0 Å². The highest BCUT2D eigenvalue weighted by molar-refractivity contribution is 5.50. The van der Waals surface area contributed by atoms with Crippen molar-refractivity contribution in [3.05, 3.63) is 24.1 Å². The molecule has 1 N–H and O–H groups in total. The normalized spacial score (nSPS) is 21.6. The van der Waals surface area contributed by atoms with Crippen LogP contribution in [-0.2, 0) is 6.54 Å². The lowest BCUT2D eigenvalue weighted by Gasteiger charge is -2.36. The van der Waals surface area contributed by atoms with Gasteiger partial charge in [0.15, 0.2) is 5.82 Å². The van der Waals surface area contributed by atoms with E-state index in [-0.39, 0.29) is 6.61 Å². The molecule has 9 heteroatoms. The van der Waals surface area contributed by atoms with Crippen LogP contribution in [0.4, 0.5) is 11.6 Å². The largest absolute Gasteiger partial charge is 0.396 e. The van der Waals surface area contributed by atoms with E-state index < -0.39 is 0 Å². The Labute approximate surface area is 159 Å². The summed E-state index contributed by atoms with van der Waals surface area (Å²) in [7, 11) is 0. The maximum absolute atomic E-state index is 9.46. The van der Waals surface area contributed by atoms with E-state index in [0.29, 0.717) is 24.2 Å². The molecule has 4 rings (SSSR count). The lowest BCUT2D eigenvalue weighted by atomic mass is 9.99. The van der Waals surface area contributed by atoms with E-state index in [1.807, 2.05) is 6.92 Å². The molecule has 9 nitrogen and oxygen atoms in total. The van der Waals surface area contributed by atoms with Crippen LogP contribution in [0.3, 0.4) is 0 Å². The van der Waals surface area contributed by atoms with Gasteiger partial charge in [0.05, 0.1) is 6.54 Å². The van der Waals surface area contributed by atoms with Gasteiger partial charge in [0, 0.05) is 51.9 Å². The van der Waals surface area contributed by atoms with Crippen molar-refractivity contribution in [3.63, 3.8) is 0 Å². The molecule has 2 aliphatic heterocycles. The Kier molecular flexibility index (Phi) is 5.49. The fourth-order valence-electron chi connectivity index (χ4n) is 3.84. The molecule has 0 saturated carbocycles. The molecule has 0 amide bonds. The molecule has 146 valence electrons. The van der Waals surface area contributed by atoms with E-state index in [1.54, 1.807) is 6.33 Å². The van der Waals surface area contributed by atoms with Gasteiger partial charge in [-0.2, -0.15) is 4.98 Å². The van der Waals surface area contributed by atoms with Crippen LogP contribution in [-0.4, -0.2) is 76.0 Å².